The van der Waals surface area contributed by atoms with E-state index >= 15 is 0 Å². The molecule has 0 aromatic heterocycles. The molecule has 118 valence electrons. The topological polar surface area (TPSA) is 61.5 Å². The van der Waals surface area contributed by atoms with Crippen molar-refractivity contribution in [2.75, 3.05) is 19.8 Å². The molecule has 0 spiro atoms. The van der Waals surface area contributed by atoms with Crippen molar-refractivity contribution in [3.63, 3.8) is 0 Å². The molecule has 0 bridgehead atoms. The summed E-state index contributed by atoms with van der Waals surface area (Å²) in [6, 6.07) is 6.16. The Balaban J connectivity index is 3.13. The van der Waals surface area contributed by atoms with Crippen molar-refractivity contribution in [3.05, 3.63) is 35.6 Å². The van der Waals surface area contributed by atoms with Crippen LogP contribution >= 0.6 is 0 Å². The number of carbonyl (C=O) groups is 1. The Morgan fingerprint density at radius 3 is 2.57 bits per heavy atom. The number of hydrogen-bond donors (Lipinski definition) is 1. The lowest BCUT2D eigenvalue weighted by atomic mass is 9.77. The molecule has 21 heavy (non-hydrogen) atoms. The smallest absolute Gasteiger partial charge is 0.318 e. The minimum atomic E-state index is -1.21. The molecule has 0 amide bonds. The number of benzene rings is 1. The number of carbonyl (C=O) groups excluding carboxylic acids is 1. The lowest BCUT2D eigenvalue weighted by Crippen LogP contribution is -2.46. The molecule has 0 heterocycles. The summed E-state index contributed by atoms with van der Waals surface area (Å²) in [5.41, 5.74) is 4.88. The fourth-order valence-electron chi connectivity index (χ4n) is 2.23. The van der Waals surface area contributed by atoms with Gasteiger partial charge in [-0.05, 0) is 33.3 Å². The van der Waals surface area contributed by atoms with Crippen molar-refractivity contribution in [1.82, 2.24) is 0 Å². The van der Waals surface area contributed by atoms with Crippen molar-refractivity contribution in [3.8, 4) is 0 Å². The minimum absolute atomic E-state index is 0.0308. The van der Waals surface area contributed by atoms with E-state index in [4.69, 9.17) is 15.2 Å². The van der Waals surface area contributed by atoms with Gasteiger partial charge < -0.3 is 15.2 Å². The van der Waals surface area contributed by atoms with Crippen LogP contribution < -0.4 is 5.73 Å². The van der Waals surface area contributed by atoms with E-state index in [0.717, 1.165) is 0 Å². The zero-order chi connectivity index (χ0) is 15.9. The molecule has 0 aliphatic rings. The second-order valence-electron chi connectivity index (χ2n) is 5.16. The van der Waals surface area contributed by atoms with Crippen LogP contribution in [0.15, 0.2) is 24.3 Å². The van der Waals surface area contributed by atoms with Gasteiger partial charge in [0.1, 0.15) is 11.2 Å². The Morgan fingerprint density at radius 1 is 1.38 bits per heavy atom. The standard InChI is InChI=1S/C16H24FNO3/c1-4-20-15(19)16(11-18,9-10-21-12(2)3)13-7-5-6-8-14(13)17/h5-8,12H,4,9-11,18H2,1-3H3. The number of esters is 1. The van der Waals surface area contributed by atoms with Gasteiger partial charge in [-0.3, -0.25) is 4.79 Å². The highest BCUT2D eigenvalue weighted by molar-refractivity contribution is 5.83. The van der Waals surface area contributed by atoms with Crippen molar-refractivity contribution in [2.24, 2.45) is 5.73 Å². The summed E-state index contributed by atoms with van der Waals surface area (Å²) in [5, 5.41) is 0. The first kappa shape index (κ1) is 17.6. The first-order valence-corrected chi connectivity index (χ1v) is 7.21. The number of halogens is 1. The van der Waals surface area contributed by atoms with E-state index < -0.39 is 17.2 Å². The van der Waals surface area contributed by atoms with Crippen LogP contribution in [0.2, 0.25) is 0 Å². The lowest BCUT2D eigenvalue weighted by molar-refractivity contribution is -0.151. The molecule has 0 aliphatic carbocycles. The Bertz CT molecular complexity index is 465. The first-order valence-electron chi connectivity index (χ1n) is 7.21. The molecule has 0 aliphatic heterocycles. The van der Waals surface area contributed by atoms with Crippen LogP contribution in [0.25, 0.3) is 0 Å². The van der Waals surface area contributed by atoms with Crippen LogP contribution in [0.5, 0.6) is 0 Å². The second-order valence-corrected chi connectivity index (χ2v) is 5.16. The molecule has 1 aromatic rings. The van der Waals surface area contributed by atoms with Gasteiger partial charge in [0.2, 0.25) is 0 Å². The van der Waals surface area contributed by atoms with Gasteiger partial charge in [-0.1, -0.05) is 18.2 Å². The highest BCUT2D eigenvalue weighted by atomic mass is 19.1. The number of ether oxygens (including phenoxy) is 2. The van der Waals surface area contributed by atoms with Gasteiger partial charge >= 0.3 is 5.97 Å². The molecule has 0 saturated carbocycles. The number of hydrogen-bond acceptors (Lipinski definition) is 4. The maximum Gasteiger partial charge on any atom is 0.318 e. The predicted octanol–water partition coefficient (Wildman–Crippen LogP) is 2.40. The molecule has 1 unspecified atom stereocenters. The van der Waals surface area contributed by atoms with Crippen LogP contribution in [-0.4, -0.2) is 31.8 Å². The summed E-state index contributed by atoms with van der Waals surface area (Å²) in [5.74, 6) is -0.967. The zero-order valence-electron chi connectivity index (χ0n) is 12.9. The van der Waals surface area contributed by atoms with Crippen LogP contribution in [0.1, 0.15) is 32.8 Å². The third-order valence-electron chi connectivity index (χ3n) is 3.38. The van der Waals surface area contributed by atoms with E-state index in [1.165, 1.54) is 6.07 Å². The second kappa shape index (κ2) is 8.10. The summed E-state index contributed by atoms with van der Waals surface area (Å²) in [4.78, 5) is 12.4. The molecule has 0 saturated heterocycles. The molecule has 0 radical (unpaired) electrons. The predicted molar refractivity (Wildman–Crippen MR) is 79.5 cm³/mol. The Labute approximate surface area is 125 Å². The summed E-state index contributed by atoms with van der Waals surface area (Å²) in [6.07, 6.45) is 0.310. The van der Waals surface area contributed by atoms with Crippen LogP contribution in [0.4, 0.5) is 4.39 Å². The van der Waals surface area contributed by atoms with Gasteiger partial charge in [0.25, 0.3) is 0 Å². The Hall–Kier alpha value is -1.46. The van der Waals surface area contributed by atoms with Crippen molar-refractivity contribution in [1.29, 1.82) is 0 Å². The highest BCUT2D eigenvalue weighted by Crippen LogP contribution is 2.31. The van der Waals surface area contributed by atoms with E-state index in [1.807, 2.05) is 13.8 Å². The summed E-state index contributed by atoms with van der Waals surface area (Å²) < 4.78 is 24.8. The number of rotatable bonds is 8. The monoisotopic (exact) mass is 297 g/mol. The molecule has 2 N–H and O–H groups in total. The van der Waals surface area contributed by atoms with Crippen molar-refractivity contribution < 1.29 is 18.7 Å². The molecule has 0 fully saturated rings. The van der Waals surface area contributed by atoms with Gasteiger partial charge in [-0.15, -0.1) is 0 Å². The molecular formula is C16H24FNO3. The Morgan fingerprint density at radius 2 is 2.05 bits per heavy atom. The summed E-state index contributed by atoms with van der Waals surface area (Å²) >= 11 is 0. The van der Waals surface area contributed by atoms with Crippen molar-refractivity contribution in [2.45, 2.75) is 38.7 Å². The molecule has 1 atom stereocenters. The molecule has 1 rings (SSSR count). The van der Waals surface area contributed by atoms with Gasteiger partial charge in [0.05, 0.1) is 12.7 Å². The molecular weight excluding hydrogens is 273 g/mol. The molecule has 5 heteroatoms. The van der Waals surface area contributed by atoms with E-state index in [1.54, 1.807) is 25.1 Å². The highest BCUT2D eigenvalue weighted by Gasteiger charge is 2.42. The summed E-state index contributed by atoms with van der Waals surface area (Å²) in [6.45, 7) is 6.01. The fraction of sp³-hybridized carbons (Fsp3) is 0.562. The van der Waals surface area contributed by atoms with Crippen LogP contribution in [0.3, 0.4) is 0 Å². The molecule has 4 nitrogen and oxygen atoms in total. The normalized spacial score (nSPS) is 14.0. The van der Waals surface area contributed by atoms with E-state index in [-0.39, 0.29) is 31.2 Å². The SMILES string of the molecule is CCOC(=O)C(CN)(CCOC(C)C)c1ccccc1F. The van der Waals surface area contributed by atoms with E-state index in [2.05, 4.69) is 0 Å². The maximum absolute atomic E-state index is 14.2. The average molecular weight is 297 g/mol. The van der Waals surface area contributed by atoms with E-state index in [0.29, 0.717) is 6.61 Å². The van der Waals surface area contributed by atoms with Gasteiger partial charge in [-0.25, -0.2) is 4.39 Å². The third-order valence-corrected chi connectivity index (χ3v) is 3.38. The zero-order valence-corrected chi connectivity index (χ0v) is 12.9. The van der Waals surface area contributed by atoms with Crippen molar-refractivity contribution >= 4 is 5.97 Å². The van der Waals surface area contributed by atoms with Crippen LogP contribution in [-0.2, 0) is 19.7 Å². The van der Waals surface area contributed by atoms with Gasteiger partial charge in [-0.2, -0.15) is 0 Å². The Kier molecular flexibility index (Phi) is 6.78. The largest absolute Gasteiger partial charge is 0.465 e. The number of nitrogens with two attached hydrogens (primary N) is 1. The maximum atomic E-state index is 14.2. The first-order chi connectivity index (χ1) is 9.97. The fourth-order valence-corrected chi connectivity index (χ4v) is 2.23. The summed E-state index contributed by atoms with van der Waals surface area (Å²) in [7, 11) is 0. The molecule has 1 aromatic carbocycles. The lowest BCUT2D eigenvalue weighted by Gasteiger charge is -2.31. The van der Waals surface area contributed by atoms with E-state index in [9.17, 15) is 9.18 Å². The minimum Gasteiger partial charge on any atom is -0.465 e. The van der Waals surface area contributed by atoms with Gasteiger partial charge in [0.15, 0.2) is 0 Å². The average Bonchev–Trinajstić information content (AvgIpc) is 2.45. The third kappa shape index (κ3) is 4.25. The quantitative estimate of drug-likeness (QED) is 0.748. The van der Waals surface area contributed by atoms with Crippen LogP contribution in [0, 0.1) is 5.82 Å². The van der Waals surface area contributed by atoms with Gasteiger partial charge in [0, 0.05) is 18.7 Å².